The number of fused-ring (bicyclic) bond motifs is 1. The second kappa shape index (κ2) is 8.22. The van der Waals surface area contributed by atoms with Gasteiger partial charge in [-0.1, -0.05) is 35.1 Å². The molecular weight excluding hydrogens is 460 g/mol. The van der Waals surface area contributed by atoms with Gasteiger partial charge < -0.3 is 10.2 Å². The van der Waals surface area contributed by atoms with Crippen LogP contribution in [0.2, 0.25) is 5.15 Å². The highest BCUT2D eigenvalue weighted by Crippen LogP contribution is 2.33. The Morgan fingerprint density at radius 2 is 2.03 bits per heavy atom. The number of hydrogen-bond donors (Lipinski definition) is 1. The van der Waals surface area contributed by atoms with Crippen LogP contribution in [-0.4, -0.2) is 35.5 Å². The summed E-state index contributed by atoms with van der Waals surface area (Å²) < 4.78 is 23.0. The minimum atomic E-state index is -3.27. The van der Waals surface area contributed by atoms with E-state index in [4.69, 9.17) is 16.9 Å². The fourth-order valence-electron chi connectivity index (χ4n) is 3.02. The lowest BCUT2D eigenvalue weighted by atomic mass is 10.1. The predicted molar refractivity (Wildman–Crippen MR) is 116 cm³/mol. The predicted octanol–water partition coefficient (Wildman–Crippen LogP) is 2.56. The van der Waals surface area contributed by atoms with E-state index in [0.717, 1.165) is 16.8 Å². The third kappa shape index (κ3) is 4.66. The Balaban J connectivity index is 1.38. The highest BCUT2D eigenvalue weighted by atomic mass is 35.5. The van der Waals surface area contributed by atoms with E-state index in [-0.39, 0.29) is 27.9 Å². The summed E-state index contributed by atoms with van der Waals surface area (Å²) in [5, 5.41) is 12.3. The molecule has 0 radical (unpaired) electrons. The highest BCUT2D eigenvalue weighted by molar-refractivity contribution is 7.90. The summed E-state index contributed by atoms with van der Waals surface area (Å²) in [4.78, 5) is 28.2. The molecule has 3 heterocycles. The molecule has 0 aliphatic carbocycles. The van der Waals surface area contributed by atoms with Gasteiger partial charge in [-0.2, -0.15) is 10.2 Å². The van der Waals surface area contributed by atoms with Gasteiger partial charge in [0.2, 0.25) is 11.9 Å². The smallest absolute Gasteiger partial charge is 0.230 e. The van der Waals surface area contributed by atoms with Crippen LogP contribution in [0.15, 0.2) is 35.4 Å². The molecule has 12 heteroatoms. The number of rotatable bonds is 5. The fourth-order valence-corrected chi connectivity index (χ4v) is 4.82. The normalized spacial score (nSPS) is 13.0. The molecule has 4 rings (SSSR count). The van der Waals surface area contributed by atoms with Crippen LogP contribution in [0.1, 0.15) is 21.7 Å². The molecule has 1 aromatic carbocycles. The van der Waals surface area contributed by atoms with Gasteiger partial charge in [0.15, 0.2) is 20.1 Å². The van der Waals surface area contributed by atoms with E-state index in [0.29, 0.717) is 29.7 Å². The van der Waals surface area contributed by atoms with Gasteiger partial charge in [0.1, 0.15) is 11.6 Å². The van der Waals surface area contributed by atoms with E-state index in [9.17, 15) is 13.2 Å². The molecule has 0 bridgehead atoms. The summed E-state index contributed by atoms with van der Waals surface area (Å²) in [5.74, 6) is 0.177. The zero-order valence-electron chi connectivity index (χ0n) is 16.2. The Hall–Kier alpha value is -3.07. The molecule has 3 aromatic rings. The molecule has 1 amide bonds. The van der Waals surface area contributed by atoms with E-state index < -0.39 is 9.84 Å². The molecule has 1 N–H and O–H groups in total. The van der Waals surface area contributed by atoms with Gasteiger partial charge in [-0.3, -0.25) is 4.79 Å². The van der Waals surface area contributed by atoms with E-state index in [1.807, 2.05) is 11.0 Å². The zero-order chi connectivity index (χ0) is 22.2. The molecule has 0 atom stereocenters. The molecule has 0 spiro atoms. The lowest BCUT2D eigenvalue weighted by Gasteiger charge is -2.15. The number of anilines is 2. The number of hydrogen-bond acceptors (Lipinski definition) is 9. The first-order valence-electron chi connectivity index (χ1n) is 8.98. The molecule has 1 aliphatic heterocycles. The first kappa shape index (κ1) is 21.2. The van der Waals surface area contributed by atoms with Crippen molar-refractivity contribution < 1.29 is 13.2 Å². The first-order chi connectivity index (χ1) is 14.7. The lowest BCUT2D eigenvalue weighted by Crippen LogP contribution is -2.18. The van der Waals surface area contributed by atoms with Crippen molar-refractivity contribution in [3.63, 3.8) is 0 Å². The van der Waals surface area contributed by atoms with Crippen LogP contribution in [0, 0.1) is 11.3 Å². The molecule has 0 saturated carbocycles. The summed E-state index contributed by atoms with van der Waals surface area (Å²) in [7, 11) is -3.27. The Labute approximate surface area is 187 Å². The molecular formula is C19H15ClN6O3S2. The van der Waals surface area contributed by atoms with Crippen molar-refractivity contribution in [3.05, 3.63) is 57.3 Å². The van der Waals surface area contributed by atoms with E-state index in [2.05, 4.69) is 20.3 Å². The number of halogens is 1. The number of nitrogens with one attached hydrogen (secondary N) is 1. The molecule has 0 saturated heterocycles. The average Bonchev–Trinajstić information content (AvgIpc) is 3.26. The summed E-state index contributed by atoms with van der Waals surface area (Å²) in [5.41, 5.74) is 1.74. The standard InChI is InChI=1S/C19H15ClN6O3S2/c1-31(28,29)13-4-2-11(3-5-13)6-16(27)24-19-23-14-9-26(10-15(14)30-19)18-22-8-12(7-21)17(20)25-18/h2-5,8H,6,9-10H2,1H3,(H,23,24,27). The average molecular weight is 475 g/mol. The van der Waals surface area contributed by atoms with Gasteiger partial charge in [0.05, 0.1) is 41.2 Å². The van der Waals surface area contributed by atoms with Gasteiger partial charge >= 0.3 is 0 Å². The van der Waals surface area contributed by atoms with Crippen LogP contribution in [0.4, 0.5) is 11.1 Å². The number of benzene rings is 1. The Bertz CT molecular complexity index is 1290. The highest BCUT2D eigenvalue weighted by Gasteiger charge is 2.26. The van der Waals surface area contributed by atoms with Crippen molar-refractivity contribution in [1.82, 2.24) is 15.0 Å². The van der Waals surface area contributed by atoms with Crippen molar-refractivity contribution in [1.29, 1.82) is 5.26 Å². The summed E-state index contributed by atoms with van der Waals surface area (Å²) in [6.45, 7) is 0.995. The van der Waals surface area contributed by atoms with Gasteiger partial charge in [0, 0.05) is 6.26 Å². The maximum absolute atomic E-state index is 12.3. The Morgan fingerprint density at radius 3 is 2.65 bits per heavy atom. The number of amides is 1. The van der Waals surface area contributed by atoms with Gasteiger partial charge in [-0.25, -0.2) is 18.4 Å². The second-order valence-electron chi connectivity index (χ2n) is 6.87. The number of thiazole rings is 1. The molecule has 158 valence electrons. The topological polar surface area (TPSA) is 129 Å². The second-order valence-corrected chi connectivity index (χ2v) is 10.3. The summed E-state index contributed by atoms with van der Waals surface area (Å²) in [6, 6.07) is 8.15. The number of carbonyl (C=O) groups is 1. The third-order valence-electron chi connectivity index (χ3n) is 4.55. The number of sulfone groups is 1. The summed E-state index contributed by atoms with van der Waals surface area (Å²) in [6.07, 6.45) is 2.64. The first-order valence-corrected chi connectivity index (χ1v) is 12.1. The maximum Gasteiger partial charge on any atom is 0.230 e. The fraction of sp³-hybridized carbons (Fsp3) is 0.211. The molecule has 31 heavy (non-hydrogen) atoms. The molecule has 9 nitrogen and oxygen atoms in total. The maximum atomic E-state index is 12.3. The SMILES string of the molecule is CS(=O)(=O)c1ccc(CC(=O)Nc2nc3c(s2)CN(c2ncc(C#N)c(Cl)n2)C3)cc1. The van der Waals surface area contributed by atoms with Crippen LogP contribution in [0.25, 0.3) is 0 Å². The van der Waals surface area contributed by atoms with Crippen LogP contribution in [0.5, 0.6) is 0 Å². The minimum absolute atomic E-state index is 0.105. The molecule has 0 unspecified atom stereocenters. The lowest BCUT2D eigenvalue weighted by molar-refractivity contribution is -0.115. The monoisotopic (exact) mass is 474 g/mol. The summed E-state index contributed by atoms with van der Waals surface area (Å²) >= 11 is 7.35. The van der Waals surface area contributed by atoms with Crippen LogP contribution in [0.3, 0.4) is 0 Å². The molecule has 2 aromatic heterocycles. The van der Waals surface area contributed by atoms with Crippen LogP contribution in [-0.2, 0) is 34.1 Å². The van der Waals surface area contributed by atoms with Crippen LogP contribution >= 0.6 is 22.9 Å². The van der Waals surface area contributed by atoms with Gasteiger partial charge in [0.25, 0.3) is 0 Å². The minimum Gasteiger partial charge on any atom is -0.330 e. The van der Waals surface area contributed by atoms with Crippen molar-refractivity contribution in [2.24, 2.45) is 0 Å². The molecule has 1 aliphatic rings. The number of aromatic nitrogens is 3. The molecule has 0 fully saturated rings. The quantitative estimate of drug-likeness (QED) is 0.558. The van der Waals surface area contributed by atoms with Crippen molar-refractivity contribution in [2.75, 3.05) is 16.5 Å². The number of nitriles is 1. The van der Waals surface area contributed by atoms with Crippen molar-refractivity contribution in [2.45, 2.75) is 24.4 Å². The van der Waals surface area contributed by atoms with E-state index in [1.165, 1.54) is 29.7 Å². The Kier molecular flexibility index (Phi) is 5.62. The van der Waals surface area contributed by atoms with Gasteiger partial charge in [-0.15, -0.1) is 0 Å². The third-order valence-corrected chi connectivity index (χ3v) is 6.96. The van der Waals surface area contributed by atoms with Crippen molar-refractivity contribution in [3.8, 4) is 6.07 Å². The number of nitrogens with zero attached hydrogens (tertiary/aromatic N) is 5. The van der Waals surface area contributed by atoms with Crippen LogP contribution < -0.4 is 10.2 Å². The van der Waals surface area contributed by atoms with Crippen molar-refractivity contribution >= 4 is 49.8 Å². The zero-order valence-corrected chi connectivity index (χ0v) is 18.6. The van der Waals surface area contributed by atoms with E-state index in [1.54, 1.807) is 12.1 Å². The Morgan fingerprint density at radius 1 is 1.29 bits per heavy atom. The van der Waals surface area contributed by atoms with E-state index >= 15 is 0 Å². The van der Waals surface area contributed by atoms with Gasteiger partial charge in [-0.05, 0) is 17.7 Å². The largest absolute Gasteiger partial charge is 0.330 e. The number of carbonyl (C=O) groups excluding carboxylic acids is 1.